The van der Waals surface area contributed by atoms with Gasteiger partial charge < -0.3 is 15.0 Å². The minimum atomic E-state index is -4.79. The number of fused-ring (bicyclic) bond motifs is 3. The summed E-state index contributed by atoms with van der Waals surface area (Å²) in [5, 5.41) is 2.90. The molecule has 1 heterocycles. The van der Waals surface area contributed by atoms with Crippen LogP contribution in [0.2, 0.25) is 0 Å². The van der Waals surface area contributed by atoms with Gasteiger partial charge in [-0.25, -0.2) is 17.2 Å². The number of aryl methyl sites for hydroxylation is 1. The maximum Gasteiger partial charge on any atom is 0.416 e. The first kappa shape index (κ1) is 33.9. The molecule has 0 radical (unpaired) electrons. The number of hydrogen-bond donors (Lipinski definition) is 1. The maximum atomic E-state index is 14.6. The summed E-state index contributed by atoms with van der Waals surface area (Å²) in [4.78, 5) is 27.1. The minimum absolute atomic E-state index is 0.0144. The van der Waals surface area contributed by atoms with E-state index in [2.05, 4.69) is 5.32 Å². The zero-order chi connectivity index (χ0) is 34.4. The zero-order valence-corrected chi connectivity index (χ0v) is 27.0. The molecular weight excluding hydrogens is 655 g/mol. The lowest BCUT2D eigenvalue weighted by Gasteiger charge is -2.43. The molecule has 2 amide bonds. The van der Waals surface area contributed by atoms with Gasteiger partial charge in [0, 0.05) is 31.0 Å². The number of nitrogens with one attached hydrogen (secondary N) is 1. The highest BCUT2D eigenvalue weighted by Crippen LogP contribution is 2.53. The van der Waals surface area contributed by atoms with Crippen molar-refractivity contribution < 1.29 is 44.7 Å². The molecule has 1 aliphatic heterocycles. The predicted molar refractivity (Wildman–Crippen MR) is 165 cm³/mol. The SMILES string of the molecule is CC(=O)NC1CCC(C(=O)N2CC[C@@]3(S(=O)(=O)c4ccc(F)cc4)c4ccc(OCc5c(F)cccc5C(F)(F)F)cc4CC[C@@H]23)CC1. The summed E-state index contributed by atoms with van der Waals surface area (Å²) in [7, 11) is -4.23. The molecule has 0 bridgehead atoms. The van der Waals surface area contributed by atoms with Crippen molar-refractivity contribution in [3.8, 4) is 5.75 Å². The number of alkyl halides is 3. The Bertz CT molecular complexity index is 1820. The highest BCUT2D eigenvalue weighted by molar-refractivity contribution is 7.92. The number of benzene rings is 3. The molecule has 2 atom stereocenters. The normalized spacial score (nSPS) is 24.0. The smallest absolute Gasteiger partial charge is 0.416 e. The zero-order valence-electron chi connectivity index (χ0n) is 26.2. The monoisotopic (exact) mass is 690 g/mol. The standard InChI is InChI=1S/C35H35F5N2O5S/c1-21(43)41-25-10-5-22(6-11-25)33(44)42-18-17-34(48(45,46)27-13-8-24(36)9-14-27)29-15-12-26(19-23(29)7-16-32(34)42)47-20-28-30(35(38,39)40)3-2-4-31(28)37/h2-4,8-9,12-15,19,22,25,32H,5-7,10-11,16-18,20H2,1H3,(H,41,43)/t22?,25?,32-,34-/m1/s1. The van der Waals surface area contributed by atoms with Crippen molar-refractivity contribution in [1.82, 2.24) is 10.2 Å². The van der Waals surface area contributed by atoms with Crippen molar-refractivity contribution in [3.63, 3.8) is 0 Å². The molecule has 6 rings (SSSR count). The van der Waals surface area contributed by atoms with Crippen molar-refractivity contribution in [1.29, 1.82) is 0 Å². The van der Waals surface area contributed by atoms with Gasteiger partial charge in [-0.1, -0.05) is 12.1 Å². The van der Waals surface area contributed by atoms with Gasteiger partial charge in [0.1, 0.15) is 28.7 Å². The predicted octanol–water partition coefficient (Wildman–Crippen LogP) is 6.47. The molecule has 13 heteroatoms. The average Bonchev–Trinajstić information content (AvgIpc) is 3.45. The van der Waals surface area contributed by atoms with Crippen LogP contribution >= 0.6 is 0 Å². The number of nitrogens with zero attached hydrogens (tertiary/aromatic N) is 1. The number of likely N-dealkylation sites (tertiary alicyclic amines) is 1. The van der Waals surface area contributed by atoms with E-state index in [9.17, 15) is 40.0 Å². The third kappa shape index (κ3) is 6.05. The maximum absolute atomic E-state index is 14.6. The van der Waals surface area contributed by atoms with Gasteiger partial charge in [-0.05, 0) is 105 Å². The van der Waals surface area contributed by atoms with Crippen molar-refractivity contribution in [3.05, 3.63) is 94.6 Å². The number of hydrogen-bond acceptors (Lipinski definition) is 5. The van der Waals surface area contributed by atoms with E-state index in [-0.39, 0.29) is 53.8 Å². The van der Waals surface area contributed by atoms with E-state index in [0.717, 1.165) is 30.3 Å². The van der Waals surface area contributed by atoms with Crippen LogP contribution in [-0.2, 0) is 43.4 Å². The summed E-state index contributed by atoms with van der Waals surface area (Å²) in [6, 6.07) is 11.1. The van der Waals surface area contributed by atoms with Gasteiger partial charge in [0.15, 0.2) is 9.84 Å². The number of amides is 2. The molecule has 3 aliphatic rings. The Morgan fingerprint density at radius 2 is 1.69 bits per heavy atom. The fourth-order valence-electron chi connectivity index (χ4n) is 7.81. The summed E-state index contributed by atoms with van der Waals surface area (Å²) < 4.78 is 102. The lowest BCUT2D eigenvalue weighted by molar-refractivity contribution is -0.139. The molecule has 2 aliphatic carbocycles. The Morgan fingerprint density at radius 1 is 0.979 bits per heavy atom. The highest BCUT2D eigenvalue weighted by atomic mass is 32.2. The second-order valence-corrected chi connectivity index (χ2v) is 15.0. The Labute approximate surface area is 275 Å². The summed E-state index contributed by atoms with van der Waals surface area (Å²) in [5.74, 6) is -2.11. The Morgan fingerprint density at radius 3 is 2.35 bits per heavy atom. The van der Waals surface area contributed by atoms with E-state index in [1.165, 1.54) is 25.1 Å². The Hall–Kier alpha value is -4.00. The van der Waals surface area contributed by atoms with Crippen LogP contribution in [0.4, 0.5) is 22.0 Å². The number of sulfone groups is 1. The topological polar surface area (TPSA) is 92.8 Å². The van der Waals surface area contributed by atoms with E-state index >= 15 is 0 Å². The fraction of sp³-hybridized carbons (Fsp3) is 0.429. The van der Waals surface area contributed by atoms with Crippen LogP contribution in [-0.4, -0.2) is 43.8 Å². The number of rotatable bonds is 7. The van der Waals surface area contributed by atoms with Gasteiger partial charge in [-0.3, -0.25) is 9.59 Å². The molecule has 0 aromatic heterocycles. The van der Waals surface area contributed by atoms with Gasteiger partial charge >= 0.3 is 6.18 Å². The van der Waals surface area contributed by atoms with Gasteiger partial charge in [0.25, 0.3) is 0 Å². The molecule has 2 fully saturated rings. The number of carbonyl (C=O) groups excluding carboxylic acids is 2. The second-order valence-electron chi connectivity index (χ2n) is 12.8. The summed E-state index contributed by atoms with van der Waals surface area (Å²) in [5.41, 5.74) is -0.757. The third-order valence-electron chi connectivity index (χ3n) is 10.0. The molecule has 3 aromatic rings. The van der Waals surface area contributed by atoms with Gasteiger partial charge in [0.05, 0.1) is 16.5 Å². The molecule has 7 nitrogen and oxygen atoms in total. The van der Waals surface area contributed by atoms with E-state index < -0.39 is 56.2 Å². The molecule has 0 spiro atoms. The van der Waals surface area contributed by atoms with Gasteiger partial charge in [0.2, 0.25) is 11.8 Å². The van der Waals surface area contributed by atoms with Crippen LogP contribution in [0.25, 0.3) is 0 Å². The average molecular weight is 691 g/mol. The van der Waals surface area contributed by atoms with Crippen LogP contribution in [0.1, 0.15) is 67.7 Å². The van der Waals surface area contributed by atoms with Crippen molar-refractivity contribution >= 4 is 21.7 Å². The van der Waals surface area contributed by atoms with E-state index in [1.807, 2.05) is 0 Å². The molecule has 1 saturated carbocycles. The number of halogens is 5. The second kappa shape index (κ2) is 12.8. The van der Waals surface area contributed by atoms with Crippen molar-refractivity contribution in [2.45, 2.75) is 86.4 Å². The lowest BCUT2D eigenvalue weighted by Crippen LogP contribution is -2.53. The first-order valence-electron chi connectivity index (χ1n) is 15.9. The Kier molecular flexibility index (Phi) is 9.03. The van der Waals surface area contributed by atoms with Crippen LogP contribution in [0.5, 0.6) is 5.75 Å². The summed E-state index contributed by atoms with van der Waals surface area (Å²) >= 11 is 0. The quantitative estimate of drug-likeness (QED) is 0.227. The van der Waals surface area contributed by atoms with Crippen molar-refractivity contribution in [2.24, 2.45) is 5.92 Å². The van der Waals surface area contributed by atoms with Crippen LogP contribution in [0.3, 0.4) is 0 Å². The largest absolute Gasteiger partial charge is 0.489 e. The van der Waals surface area contributed by atoms with E-state index in [0.29, 0.717) is 43.2 Å². The third-order valence-corrected chi connectivity index (χ3v) is 12.6. The molecule has 1 saturated heterocycles. The lowest BCUT2D eigenvalue weighted by atomic mass is 9.78. The number of carbonyl (C=O) groups is 2. The summed E-state index contributed by atoms with van der Waals surface area (Å²) in [6.45, 7) is 0.931. The molecule has 1 N–H and O–H groups in total. The van der Waals surface area contributed by atoms with E-state index in [1.54, 1.807) is 17.0 Å². The van der Waals surface area contributed by atoms with Crippen LogP contribution in [0.15, 0.2) is 65.6 Å². The molecular formula is C35H35F5N2O5S. The molecule has 0 unspecified atom stereocenters. The first-order chi connectivity index (χ1) is 22.7. The van der Waals surface area contributed by atoms with Crippen LogP contribution < -0.4 is 10.1 Å². The minimum Gasteiger partial charge on any atom is -0.489 e. The van der Waals surface area contributed by atoms with Gasteiger partial charge in [-0.2, -0.15) is 13.2 Å². The Balaban J connectivity index is 1.33. The van der Waals surface area contributed by atoms with Gasteiger partial charge in [-0.15, -0.1) is 0 Å². The van der Waals surface area contributed by atoms with Crippen molar-refractivity contribution in [2.75, 3.05) is 6.54 Å². The molecule has 3 aromatic carbocycles. The fourth-order valence-corrected chi connectivity index (χ4v) is 10.2. The molecule has 48 heavy (non-hydrogen) atoms. The number of ether oxygens (including phenoxy) is 1. The summed E-state index contributed by atoms with van der Waals surface area (Å²) in [6.07, 6.45) is -1.68. The van der Waals surface area contributed by atoms with E-state index in [4.69, 9.17) is 4.74 Å². The molecule has 256 valence electrons. The highest BCUT2D eigenvalue weighted by Gasteiger charge is 2.61. The van der Waals surface area contributed by atoms with Crippen LogP contribution in [0, 0.1) is 17.6 Å². The first-order valence-corrected chi connectivity index (χ1v) is 17.4.